The van der Waals surface area contributed by atoms with Gasteiger partial charge in [-0.1, -0.05) is 41.9 Å². The van der Waals surface area contributed by atoms with Gasteiger partial charge in [-0.2, -0.15) is 5.10 Å². The predicted octanol–water partition coefficient (Wildman–Crippen LogP) is 1.67. The van der Waals surface area contributed by atoms with Gasteiger partial charge < -0.3 is 5.73 Å². The standard InChI is InChI=1S/C10H8ClN3O/c11-7-8(12)10(15)14-13-9(7)6-4-2-1-3-5-6/h1-5H,(H2,12,13)(H,14,15). The monoisotopic (exact) mass is 221 g/mol. The van der Waals surface area contributed by atoms with E-state index in [1.165, 1.54) is 0 Å². The number of halogens is 1. The molecule has 0 saturated carbocycles. The van der Waals surface area contributed by atoms with Gasteiger partial charge in [-0.15, -0.1) is 0 Å². The third-order valence-corrected chi connectivity index (χ3v) is 2.39. The van der Waals surface area contributed by atoms with Gasteiger partial charge in [0.25, 0.3) is 5.56 Å². The molecule has 0 bridgehead atoms. The number of benzene rings is 1. The molecular formula is C10H8ClN3O. The molecule has 3 N–H and O–H groups in total. The Kier molecular flexibility index (Phi) is 2.43. The molecule has 0 unspecified atom stereocenters. The smallest absolute Gasteiger partial charge is 0.288 e. The van der Waals surface area contributed by atoms with Crippen molar-refractivity contribution in [3.05, 3.63) is 45.7 Å². The van der Waals surface area contributed by atoms with Crippen LogP contribution >= 0.6 is 11.6 Å². The fourth-order valence-corrected chi connectivity index (χ4v) is 1.47. The Balaban J connectivity index is 2.65. The van der Waals surface area contributed by atoms with Gasteiger partial charge in [-0.05, 0) is 0 Å². The molecule has 0 spiro atoms. The number of nitrogen functional groups attached to an aromatic ring is 1. The number of nitrogens with zero attached hydrogens (tertiary/aromatic N) is 1. The third-order valence-electron chi connectivity index (χ3n) is 2.01. The van der Waals surface area contributed by atoms with E-state index in [0.29, 0.717) is 5.69 Å². The summed E-state index contributed by atoms with van der Waals surface area (Å²) in [6.45, 7) is 0. The van der Waals surface area contributed by atoms with E-state index in [0.717, 1.165) is 5.56 Å². The first-order valence-electron chi connectivity index (χ1n) is 4.29. The molecule has 4 nitrogen and oxygen atoms in total. The maximum atomic E-state index is 11.1. The maximum Gasteiger partial charge on any atom is 0.288 e. The van der Waals surface area contributed by atoms with Gasteiger partial charge >= 0.3 is 0 Å². The number of nitrogens with one attached hydrogen (secondary N) is 1. The lowest BCUT2D eigenvalue weighted by molar-refractivity contribution is 1.000. The average Bonchev–Trinajstić information content (AvgIpc) is 2.27. The van der Waals surface area contributed by atoms with Crippen LogP contribution in [0.3, 0.4) is 0 Å². The average molecular weight is 222 g/mol. The molecule has 1 heterocycles. The van der Waals surface area contributed by atoms with Crippen molar-refractivity contribution in [3.8, 4) is 11.3 Å². The second-order valence-corrected chi connectivity index (χ2v) is 3.37. The first-order chi connectivity index (χ1) is 7.20. The molecule has 0 aliphatic heterocycles. The molecule has 5 heteroatoms. The number of aromatic nitrogens is 2. The maximum absolute atomic E-state index is 11.1. The molecule has 0 atom stereocenters. The summed E-state index contributed by atoms with van der Waals surface area (Å²) >= 11 is 5.93. The van der Waals surface area contributed by atoms with Crippen LogP contribution in [0.25, 0.3) is 11.3 Å². The van der Waals surface area contributed by atoms with Crippen LogP contribution in [0.2, 0.25) is 5.02 Å². The van der Waals surface area contributed by atoms with Gasteiger partial charge in [0.15, 0.2) is 0 Å². The van der Waals surface area contributed by atoms with Crippen molar-refractivity contribution in [2.24, 2.45) is 0 Å². The van der Waals surface area contributed by atoms with Crippen molar-refractivity contribution >= 4 is 17.3 Å². The van der Waals surface area contributed by atoms with E-state index in [1.54, 1.807) is 0 Å². The van der Waals surface area contributed by atoms with E-state index < -0.39 is 5.56 Å². The molecule has 2 rings (SSSR count). The zero-order valence-corrected chi connectivity index (χ0v) is 8.45. The largest absolute Gasteiger partial charge is 0.393 e. The molecular weight excluding hydrogens is 214 g/mol. The molecule has 0 radical (unpaired) electrons. The summed E-state index contributed by atoms with van der Waals surface area (Å²) in [6, 6.07) is 9.27. The number of H-pyrrole nitrogens is 1. The summed E-state index contributed by atoms with van der Waals surface area (Å²) in [6.07, 6.45) is 0. The molecule has 0 amide bonds. The lowest BCUT2D eigenvalue weighted by Gasteiger charge is -2.03. The highest BCUT2D eigenvalue weighted by Gasteiger charge is 2.10. The molecule has 1 aromatic heterocycles. The summed E-state index contributed by atoms with van der Waals surface area (Å²) in [5.74, 6) is 0. The summed E-state index contributed by atoms with van der Waals surface area (Å²) in [4.78, 5) is 11.1. The van der Waals surface area contributed by atoms with Gasteiger partial charge in [0.05, 0.1) is 5.02 Å². The van der Waals surface area contributed by atoms with Crippen LogP contribution in [0.15, 0.2) is 35.1 Å². The summed E-state index contributed by atoms with van der Waals surface area (Å²) in [5, 5.41) is 6.34. The minimum absolute atomic E-state index is 0.00878. The van der Waals surface area contributed by atoms with Crippen molar-refractivity contribution in [2.45, 2.75) is 0 Å². The summed E-state index contributed by atoms with van der Waals surface area (Å²) < 4.78 is 0. The highest BCUT2D eigenvalue weighted by atomic mass is 35.5. The molecule has 0 aliphatic carbocycles. The van der Waals surface area contributed by atoms with Crippen LogP contribution < -0.4 is 11.3 Å². The lowest BCUT2D eigenvalue weighted by Crippen LogP contribution is -2.14. The van der Waals surface area contributed by atoms with Crippen molar-refractivity contribution in [3.63, 3.8) is 0 Å². The van der Waals surface area contributed by atoms with Crippen LogP contribution in [0.1, 0.15) is 0 Å². The number of nitrogens with two attached hydrogens (primary N) is 1. The van der Waals surface area contributed by atoms with Crippen LogP contribution in [-0.2, 0) is 0 Å². The van der Waals surface area contributed by atoms with Crippen molar-refractivity contribution < 1.29 is 0 Å². The van der Waals surface area contributed by atoms with Crippen LogP contribution in [0.5, 0.6) is 0 Å². The van der Waals surface area contributed by atoms with Crippen LogP contribution in [-0.4, -0.2) is 10.2 Å². The number of aromatic amines is 1. The highest BCUT2D eigenvalue weighted by Crippen LogP contribution is 2.26. The fraction of sp³-hybridized carbons (Fsp3) is 0. The molecule has 76 valence electrons. The Bertz CT molecular complexity index is 536. The molecule has 15 heavy (non-hydrogen) atoms. The third kappa shape index (κ3) is 1.71. The second-order valence-electron chi connectivity index (χ2n) is 3.00. The minimum atomic E-state index is -0.473. The molecule has 0 fully saturated rings. The van der Waals surface area contributed by atoms with E-state index in [2.05, 4.69) is 10.2 Å². The number of rotatable bonds is 1. The first-order valence-corrected chi connectivity index (χ1v) is 4.67. The Morgan fingerprint density at radius 2 is 1.93 bits per heavy atom. The Morgan fingerprint density at radius 3 is 2.60 bits per heavy atom. The molecule has 0 saturated heterocycles. The Labute approximate surface area is 90.7 Å². The summed E-state index contributed by atoms with van der Waals surface area (Å²) in [7, 11) is 0. The SMILES string of the molecule is Nc1c(Cl)c(-c2ccccc2)n[nH]c1=O. The molecule has 0 aliphatic rings. The van der Waals surface area contributed by atoms with Crippen LogP contribution in [0.4, 0.5) is 5.69 Å². The van der Waals surface area contributed by atoms with Gasteiger partial charge in [0.2, 0.25) is 0 Å². The number of hydrogen-bond donors (Lipinski definition) is 2. The predicted molar refractivity (Wildman–Crippen MR) is 59.7 cm³/mol. The van der Waals surface area contributed by atoms with E-state index in [1.807, 2.05) is 30.3 Å². The van der Waals surface area contributed by atoms with E-state index >= 15 is 0 Å². The zero-order chi connectivity index (χ0) is 10.8. The van der Waals surface area contributed by atoms with E-state index in [9.17, 15) is 4.79 Å². The second kappa shape index (κ2) is 3.74. The number of hydrogen-bond acceptors (Lipinski definition) is 3. The number of anilines is 1. The minimum Gasteiger partial charge on any atom is -0.393 e. The first kappa shape index (κ1) is 9.73. The highest BCUT2D eigenvalue weighted by molar-refractivity contribution is 6.35. The zero-order valence-electron chi connectivity index (χ0n) is 7.70. The van der Waals surface area contributed by atoms with Gasteiger partial charge in [0, 0.05) is 5.56 Å². The topological polar surface area (TPSA) is 71.8 Å². The normalized spacial score (nSPS) is 10.2. The van der Waals surface area contributed by atoms with Crippen molar-refractivity contribution in [2.75, 3.05) is 5.73 Å². The lowest BCUT2D eigenvalue weighted by atomic mass is 10.1. The molecule has 1 aromatic carbocycles. The van der Waals surface area contributed by atoms with E-state index in [4.69, 9.17) is 17.3 Å². The quantitative estimate of drug-likeness (QED) is 0.770. The van der Waals surface area contributed by atoms with E-state index in [-0.39, 0.29) is 10.7 Å². The van der Waals surface area contributed by atoms with Gasteiger partial charge in [0.1, 0.15) is 11.4 Å². The van der Waals surface area contributed by atoms with Gasteiger partial charge in [-0.25, -0.2) is 5.10 Å². The fourth-order valence-electron chi connectivity index (χ4n) is 1.23. The molecule has 2 aromatic rings. The van der Waals surface area contributed by atoms with Crippen molar-refractivity contribution in [1.29, 1.82) is 0 Å². The Hall–Kier alpha value is -1.81. The van der Waals surface area contributed by atoms with Crippen molar-refractivity contribution in [1.82, 2.24) is 10.2 Å². The summed E-state index contributed by atoms with van der Waals surface area (Å²) in [5.41, 5.74) is 6.31. The van der Waals surface area contributed by atoms with Crippen LogP contribution in [0, 0.1) is 0 Å². The van der Waals surface area contributed by atoms with Gasteiger partial charge in [-0.3, -0.25) is 4.79 Å². The Morgan fingerprint density at radius 1 is 1.27 bits per heavy atom.